The average molecular weight is 438 g/mol. The van der Waals surface area contributed by atoms with E-state index in [1.165, 1.54) is 28.6 Å². The fourth-order valence-corrected chi connectivity index (χ4v) is 5.20. The molecule has 3 rings (SSSR count). The summed E-state index contributed by atoms with van der Waals surface area (Å²) in [5.41, 5.74) is 0.120. The maximum absolute atomic E-state index is 12.5. The number of sulfonamides is 1. The van der Waals surface area contributed by atoms with Crippen molar-refractivity contribution in [3.8, 4) is 0 Å². The smallest absolute Gasteiger partial charge is 0.338 e. The van der Waals surface area contributed by atoms with Gasteiger partial charge in [-0.1, -0.05) is 19.3 Å². The Bertz CT molecular complexity index is 872. The van der Waals surface area contributed by atoms with Gasteiger partial charge in [0, 0.05) is 19.1 Å². The minimum Gasteiger partial charge on any atom is -0.452 e. The summed E-state index contributed by atoms with van der Waals surface area (Å²) in [6, 6.07) is 4.85. The average Bonchev–Trinajstić information content (AvgIpc) is 3.28. The molecule has 30 heavy (non-hydrogen) atoms. The number of nitrogens with one attached hydrogen (secondary N) is 2. The molecule has 9 nitrogen and oxygen atoms in total. The standard InChI is InChI=1S/C20H27N3O6S/c24-18(22-20(26)21-16-6-2-1-3-7-16)14-29-19(25)15-8-10-17(11-9-15)30(27,28)23-12-4-5-13-23/h8-11,16H,1-7,12-14H2,(H2,21,22,24,26). The molecule has 0 unspecified atom stereocenters. The number of carbonyl (C=O) groups excluding carboxylic acids is 3. The Kier molecular flexibility index (Phi) is 7.43. The van der Waals surface area contributed by atoms with Crippen LogP contribution in [0.2, 0.25) is 0 Å². The molecule has 0 atom stereocenters. The summed E-state index contributed by atoms with van der Waals surface area (Å²) in [5.74, 6) is -1.51. The van der Waals surface area contributed by atoms with E-state index in [2.05, 4.69) is 10.6 Å². The van der Waals surface area contributed by atoms with Crippen molar-refractivity contribution in [2.75, 3.05) is 19.7 Å². The second-order valence-corrected chi connectivity index (χ2v) is 9.51. The number of imide groups is 1. The van der Waals surface area contributed by atoms with Gasteiger partial charge in [-0.3, -0.25) is 10.1 Å². The van der Waals surface area contributed by atoms with Gasteiger partial charge in [0.1, 0.15) is 0 Å². The summed E-state index contributed by atoms with van der Waals surface area (Å²) in [4.78, 5) is 35.9. The van der Waals surface area contributed by atoms with Crippen molar-refractivity contribution in [2.24, 2.45) is 0 Å². The molecule has 0 aromatic heterocycles. The zero-order chi connectivity index (χ0) is 21.6. The molecule has 0 radical (unpaired) electrons. The van der Waals surface area contributed by atoms with Crippen LogP contribution in [0.3, 0.4) is 0 Å². The Labute approximate surface area is 176 Å². The van der Waals surface area contributed by atoms with Gasteiger partial charge in [0.05, 0.1) is 10.5 Å². The molecule has 1 aliphatic carbocycles. The van der Waals surface area contributed by atoms with Crippen LogP contribution >= 0.6 is 0 Å². The molecule has 1 aromatic carbocycles. The summed E-state index contributed by atoms with van der Waals surface area (Å²) < 4.78 is 31.3. The largest absolute Gasteiger partial charge is 0.452 e. The Morgan fingerprint density at radius 3 is 2.23 bits per heavy atom. The first-order valence-electron chi connectivity index (χ1n) is 10.2. The molecule has 1 saturated carbocycles. The molecular formula is C20H27N3O6S. The van der Waals surface area contributed by atoms with Gasteiger partial charge in [0.15, 0.2) is 6.61 Å². The number of amides is 3. The van der Waals surface area contributed by atoms with E-state index >= 15 is 0 Å². The second-order valence-electron chi connectivity index (χ2n) is 7.57. The Hall–Kier alpha value is -2.46. The normalized spacial score (nSPS) is 18.0. The van der Waals surface area contributed by atoms with E-state index < -0.39 is 34.5 Å². The van der Waals surface area contributed by atoms with Gasteiger partial charge >= 0.3 is 12.0 Å². The van der Waals surface area contributed by atoms with E-state index in [9.17, 15) is 22.8 Å². The predicted molar refractivity (Wildman–Crippen MR) is 108 cm³/mol. The number of urea groups is 1. The number of nitrogens with zero attached hydrogens (tertiary/aromatic N) is 1. The summed E-state index contributed by atoms with van der Waals surface area (Å²) in [7, 11) is -3.56. The molecule has 1 heterocycles. The molecule has 0 bridgehead atoms. The number of esters is 1. The van der Waals surface area contributed by atoms with Gasteiger partial charge < -0.3 is 10.1 Å². The van der Waals surface area contributed by atoms with Crippen LogP contribution in [-0.2, 0) is 19.6 Å². The lowest BCUT2D eigenvalue weighted by molar-refractivity contribution is -0.123. The van der Waals surface area contributed by atoms with E-state index in [4.69, 9.17) is 4.74 Å². The molecule has 0 spiro atoms. The third kappa shape index (κ3) is 5.79. The molecule has 2 N–H and O–H groups in total. The predicted octanol–water partition coefficient (Wildman–Crippen LogP) is 1.79. The Morgan fingerprint density at radius 1 is 0.967 bits per heavy atom. The van der Waals surface area contributed by atoms with Crippen LogP contribution in [0, 0.1) is 0 Å². The lowest BCUT2D eigenvalue weighted by atomic mass is 9.96. The molecule has 164 valence electrons. The SMILES string of the molecule is O=C(COC(=O)c1ccc(S(=O)(=O)N2CCCC2)cc1)NC(=O)NC1CCCCC1. The van der Waals surface area contributed by atoms with Gasteiger partial charge in [-0.05, 0) is 49.9 Å². The third-order valence-corrected chi connectivity index (χ3v) is 7.23. The van der Waals surface area contributed by atoms with E-state index in [1.807, 2.05) is 0 Å². The molecule has 3 amide bonds. The number of carbonyl (C=O) groups is 3. The quantitative estimate of drug-likeness (QED) is 0.655. The number of rotatable bonds is 6. The summed E-state index contributed by atoms with van der Waals surface area (Å²) >= 11 is 0. The monoisotopic (exact) mass is 437 g/mol. The highest BCUT2D eigenvalue weighted by atomic mass is 32.2. The number of hydrogen-bond acceptors (Lipinski definition) is 6. The van der Waals surface area contributed by atoms with Crippen molar-refractivity contribution in [1.29, 1.82) is 0 Å². The first kappa shape index (κ1) is 22.2. The van der Waals surface area contributed by atoms with Gasteiger partial charge in [-0.25, -0.2) is 18.0 Å². The maximum atomic E-state index is 12.5. The first-order chi connectivity index (χ1) is 14.4. The van der Waals surface area contributed by atoms with E-state index in [0.717, 1.165) is 44.9 Å². The summed E-state index contributed by atoms with van der Waals surface area (Å²) in [5, 5.41) is 4.88. The van der Waals surface area contributed by atoms with Crippen LogP contribution in [0.5, 0.6) is 0 Å². The minimum absolute atomic E-state index is 0.0597. The highest BCUT2D eigenvalue weighted by Gasteiger charge is 2.27. The molecule has 1 aliphatic heterocycles. The summed E-state index contributed by atoms with van der Waals surface area (Å²) in [6.07, 6.45) is 6.71. The third-order valence-electron chi connectivity index (χ3n) is 5.32. The van der Waals surface area contributed by atoms with Gasteiger partial charge in [-0.15, -0.1) is 0 Å². The molecule has 2 aliphatic rings. The number of ether oxygens (including phenoxy) is 1. The molecule has 1 aromatic rings. The van der Waals surface area contributed by atoms with Crippen LogP contribution in [0.1, 0.15) is 55.3 Å². The Morgan fingerprint density at radius 2 is 1.60 bits per heavy atom. The molecule has 2 fully saturated rings. The fourth-order valence-electron chi connectivity index (χ4n) is 3.69. The molecule has 1 saturated heterocycles. The summed E-state index contributed by atoms with van der Waals surface area (Å²) in [6.45, 7) is 0.385. The maximum Gasteiger partial charge on any atom is 0.338 e. The van der Waals surface area contributed by atoms with Crippen LogP contribution in [-0.4, -0.2) is 56.4 Å². The highest BCUT2D eigenvalue weighted by Crippen LogP contribution is 2.21. The van der Waals surface area contributed by atoms with E-state index in [1.54, 1.807) is 0 Å². The van der Waals surface area contributed by atoms with E-state index in [-0.39, 0.29) is 16.5 Å². The molecule has 10 heteroatoms. The molecular weight excluding hydrogens is 410 g/mol. The Balaban J connectivity index is 1.46. The van der Waals surface area contributed by atoms with Crippen molar-refractivity contribution in [2.45, 2.75) is 55.9 Å². The lowest BCUT2D eigenvalue weighted by Crippen LogP contribution is -2.46. The van der Waals surface area contributed by atoms with Crippen molar-refractivity contribution in [1.82, 2.24) is 14.9 Å². The van der Waals surface area contributed by atoms with Gasteiger partial charge in [0.25, 0.3) is 5.91 Å². The number of benzene rings is 1. The van der Waals surface area contributed by atoms with Crippen molar-refractivity contribution < 1.29 is 27.5 Å². The van der Waals surface area contributed by atoms with Gasteiger partial charge in [-0.2, -0.15) is 4.31 Å². The zero-order valence-electron chi connectivity index (χ0n) is 16.8. The van der Waals surface area contributed by atoms with Crippen molar-refractivity contribution in [3.05, 3.63) is 29.8 Å². The second kappa shape index (κ2) is 10.0. The van der Waals surface area contributed by atoms with Crippen LogP contribution in [0.25, 0.3) is 0 Å². The van der Waals surface area contributed by atoms with Crippen molar-refractivity contribution in [3.63, 3.8) is 0 Å². The fraction of sp³-hybridized carbons (Fsp3) is 0.550. The van der Waals surface area contributed by atoms with Crippen molar-refractivity contribution >= 4 is 27.9 Å². The van der Waals surface area contributed by atoms with Crippen LogP contribution < -0.4 is 10.6 Å². The van der Waals surface area contributed by atoms with Gasteiger partial charge in [0.2, 0.25) is 10.0 Å². The minimum atomic E-state index is -3.56. The first-order valence-corrected chi connectivity index (χ1v) is 11.7. The van der Waals surface area contributed by atoms with Crippen LogP contribution in [0.15, 0.2) is 29.2 Å². The topological polar surface area (TPSA) is 122 Å². The lowest BCUT2D eigenvalue weighted by Gasteiger charge is -2.22. The zero-order valence-corrected chi connectivity index (χ0v) is 17.6. The highest BCUT2D eigenvalue weighted by molar-refractivity contribution is 7.89. The van der Waals surface area contributed by atoms with Crippen LogP contribution in [0.4, 0.5) is 4.79 Å². The number of hydrogen-bond donors (Lipinski definition) is 2. The van der Waals surface area contributed by atoms with E-state index in [0.29, 0.717) is 13.1 Å².